The van der Waals surface area contributed by atoms with Gasteiger partial charge in [-0.2, -0.15) is 0 Å². The van der Waals surface area contributed by atoms with Gasteiger partial charge in [0.1, 0.15) is 0 Å². The lowest BCUT2D eigenvalue weighted by Gasteiger charge is -2.32. The first kappa shape index (κ1) is 20.1. The summed E-state index contributed by atoms with van der Waals surface area (Å²) < 4.78 is 12.2. The smallest absolute Gasteiger partial charge is 0.399 e. The van der Waals surface area contributed by atoms with Crippen LogP contribution in [0.5, 0.6) is 0 Å². The van der Waals surface area contributed by atoms with Crippen molar-refractivity contribution in [3.05, 3.63) is 54.1 Å². The molecule has 152 valence electrons. The summed E-state index contributed by atoms with van der Waals surface area (Å²) in [5.41, 5.74) is 3.04. The third-order valence-corrected chi connectivity index (χ3v) is 6.35. The molecule has 2 aliphatic heterocycles. The molecule has 0 radical (unpaired) electrons. The second-order valence-electron chi connectivity index (χ2n) is 8.98. The average Bonchev–Trinajstić information content (AvgIpc) is 3.21. The number of β-amino-alcohol motifs (C(OH)–C–C–N with tert-alkyl or cyclic N) is 1. The molecule has 0 aliphatic carbocycles. The van der Waals surface area contributed by atoms with Crippen LogP contribution in [0.4, 0.5) is 0 Å². The maximum Gasteiger partial charge on any atom is 0.494 e. The fourth-order valence-electron chi connectivity index (χ4n) is 3.73. The van der Waals surface area contributed by atoms with E-state index in [0.717, 1.165) is 16.6 Å². The number of carbonyl (C=O) groups is 1. The van der Waals surface area contributed by atoms with Crippen LogP contribution < -0.4 is 5.46 Å². The molecule has 2 heterocycles. The van der Waals surface area contributed by atoms with Crippen molar-refractivity contribution in [1.82, 2.24) is 4.90 Å². The average molecular weight is 393 g/mol. The molecule has 0 unspecified atom stereocenters. The predicted molar refractivity (Wildman–Crippen MR) is 114 cm³/mol. The van der Waals surface area contributed by atoms with Crippen molar-refractivity contribution in [3.63, 3.8) is 0 Å². The van der Waals surface area contributed by atoms with Crippen molar-refractivity contribution < 1.29 is 19.2 Å². The number of rotatable bonds is 3. The van der Waals surface area contributed by atoms with Gasteiger partial charge in [0.25, 0.3) is 5.91 Å². The molecule has 6 heteroatoms. The van der Waals surface area contributed by atoms with Gasteiger partial charge in [0.2, 0.25) is 0 Å². The normalized spacial score (nSPS) is 22.9. The maximum atomic E-state index is 12.5. The molecule has 2 fully saturated rings. The Balaban J connectivity index is 1.46. The second-order valence-corrected chi connectivity index (χ2v) is 8.98. The highest BCUT2D eigenvalue weighted by Gasteiger charge is 2.51. The summed E-state index contributed by atoms with van der Waals surface area (Å²) in [5.74, 6) is -0.0239. The van der Waals surface area contributed by atoms with Gasteiger partial charge in [-0.25, -0.2) is 0 Å². The van der Waals surface area contributed by atoms with E-state index in [0.29, 0.717) is 25.1 Å². The number of likely N-dealkylation sites (tertiary alicyclic amines) is 1. The van der Waals surface area contributed by atoms with E-state index < -0.39 is 6.10 Å². The Morgan fingerprint density at radius 3 is 1.97 bits per heavy atom. The Labute approximate surface area is 172 Å². The maximum absolute atomic E-state index is 12.5. The van der Waals surface area contributed by atoms with Crippen LogP contribution in [0.15, 0.2) is 48.5 Å². The lowest BCUT2D eigenvalue weighted by molar-refractivity contribution is 0.00578. The van der Waals surface area contributed by atoms with Crippen molar-refractivity contribution >= 4 is 18.5 Å². The SMILES string of the molecule is CC1(C)OB(c2ccc(-c3ccc(C(=O)N4CC[C@@H](O)C4)cc3)cc2)OC1(C)C. The molecular weight excluding hydrogens is 365 g/mol. The van der Waals surface area contributed by atoms with Crippen molar-refractivity contribution in [2.45, 2.75) is 51.4 Å². The highest BCUT2D eigenvalue weighted by atomic mass is 16.7. The van der Waals surface area contributed by atoms with Crippen molar-refractivity contribution in [3.8, 4) is 11.1 Å². The molecule has 2 aromatic carbocycles. The fourth-order valence-corrected chi connectivity index (χ4v) is 3.73. The number of amides is 1. The first-order valence-corrected chi connectivity index (χ1v) is 10.2. The zero-order valence-electron chi connectivity index (χ0n) is 17.5. The van der Waals surface area contributed by atoms with Crippen LogP contribution in [0.1, 0.15) is 44.5 Å². The van der Waals surface area contributed by atoms with Crippen LogP contribution in [0.3, 0.4) is 0 Å². The van der Waals surface area contributed by atoms with Crippen LogP contribution in [0.2, 0.25) is 0 Å². The molecule has 0 bridgehead atoms. The number of aliphatic hydroxyl groups excluding tert-OH is 1. The van der Waals surface area contributed by atoms with E-state index in [9.17, 15) is 9.90 Å². The zero-order chi connectivity index (χ0) is 20.8. The van der Waals surface area contributed by atoms with Gasteiger partial charge >= 0.3 is 7.12 Å². The van der Waals surface area contributed by atoms with Crippen molar-refractivity contribution in [2.75, 3.05) is 13.1 Å². The molecule has 4 rings (SSSR count). The quantitative estimate of drug-likeness (QED) is 0.815. The summed E-state index contributed by atoms with van der Waals surface area (Å²) in [5, 5.41) is 9.63. The fraction of sp³-hybridized carbons (Fsp3) is 0.435. The summed E-state index contributed by atoms with van der Waals surface area (Å²) in [4.78, 5) is 14.2. The minimum Gasteiger partial charge on any atom is -0.399 e. The Bertz CT molecular complexity index is 876. The number of hydrogen-bond donors (Lipinski definition) is 1. The number of carbonyl (C=O) groups excluding carboxylic acids is 1. The van der Waals surface area contributed by atoms with Crippen molar-refractivity contribution in [1.29, 1.82) is 0 Å². The third-order valence-electron chi connectivity index (χ3n) is 6.35. The molecule has 5 nitrogen and oxygen atoms in total. The van der Waals surface area contributed by atoms with Crippen LogP contribution in [-0.2, 0) is 9.31 Å². The first-order chi connectivity index (χ1) is 13.7. The molecule has 2 saturated heterocycles. The van der Waals surface area contributed by atoms with Gasteiger partial charge < -0.3 is 19.3 Å². The summed E-state index contributed by atoms with van der Waals surface area (Å²) >= 11 is 0. The van der Waals surface area contributed by atoms with E-state index in [1.54, 1.807) is 4.90 Å². The molecule has 2 aliphatic rings. The molecule has 29 heavy (non-hydrogen) atoms. The number of aliphatic hydroxyl groups is 1. The third kappa shape index (κ3) is 3.85. The van der Waals surface area contributed by atoms with Gasteiger partial charge in [-0.05, 0) is 62.8 Å². The summed E-state index contributed by atoms with van der Waals surface area (Å²) in [6, 6.07) is 15.8. The van der Waals surface area contributed by atoms with Crippen molar-refractivity contribution in [2.24, 2.45) is 0 Å². The van der Waals surface area contributed by atoms with Crippen LogP contribution >= 0.6 is 0 Å². The molecule has 0 aromatic heterocycles. The summed E-state index contributed by atoms with van der Waals surface area (Å²) in [6.45, 7) is 9.23. The topological polar surface area (TPSA) is 59.0 Å². The highest BCUT2D eigenvalue weighted by molar-refractivity contribution is 6.62. The van der Waals surface area contributed by atoms with Crippen LogP contribution in [-0.4, -0.2) is 53.4 Å². The van der Waals surface area contributed by atoms with Crippen LogP contribution in [0, 0.1) is 0 Å². The largest absolute Gasteiger partial charge is 0.494 e. The Kier molecular flexibility index (Phi) is 5.05. The van der Waals surface area contributed by atoms with E-state index in [-0.39, 0.29) is 24.2 Å². The summed E-state index contributed by atoms with van der Waals surface area (Å²) in [7, 11) is -0.371. The van der Waals surface area contributed by atoms with Crippen LogP contribution in [0.25, 0.3) is 11.1 Å². The molecule has 0 saturated carbocycles. The zero-order valence-corrected chi connectivity index (χ0v) is 17.5. The van der Waals surface area contributed by atoms with Gasteiger partial charge in [-0.3, -0.25) is 4.79 Å². The minimum absolute atomic E-state index is 0.0239. The van der Waals surface area contributed by atoms with E-state index in [2.05, 4.69) is 0 Å². The van der Waals surface area contributed by atoms with Gasteiger partial charge in [-0.1, -0.05) is 36.4 Å². The predicted octanol–water partition coefficient (Wildman–Crippen LogP) is 2.86. The molecular formula is C23H28BNO4. The molecule has 1 atom stereocenters. The number of nitrogens with zero attached hydrogens (tertiary/aromatic N) is 1. The monoisotopic (exact) mass is 393 g/mol. The Morgan fingerprint density at radius 1 is 0.966 bits per heavy atom. The number of benzene rings is 2. The number of hydrogen-bond acceptors (Lipinski definition) is 4. The lowest BCUT2D eigenvalue weighted by Crippen LogP contribution is -2.41. The molecule has 2 aromatic rings. The van der Waals surface area contributed by atoms with Gasteiger partial charge in [-0.15, -0.1) is 0 Å². The van der Waals surface area contributed by atoms with E-state index >= 15 is 0 Å². The Morgan fingerprint density at radius 2 is 1.48 bits per heavy atom. The van der Waals surface area contributed by atoms with Gasteiger partial charge in [0.15, 0.2) is 0 Å². The van der Waals surface area contributed by atoms with Gasteiger partial charge in [0, 0.05) is 18.7 Å². The highest BCUT2D eigenvalue weighted by Crippen LogP contribution is 2.36. The minimum atomic E-state index is -0.402. The molecule has 1 N–H and O–H groups in total. The molecule has 0 spiro atoms. The van der Waals surface area contributed by atoms with E-state index in [4.69, 9.17) is 9.31 Å². The summed E-state index contributed by atoms with van der Waals surface area (Å²) in [6.07, 6.45) is 0.250. The van der Waals surface area contributed by atoms with E-state index in [1.165, 1.54) is 0 Å². The van der Waals surface area contributed by atoms with E-state index in [1.807, 2.05) is 76.2 Å². The Hall–Kier alpha value is -2.15. The standard InChI is InChI=1S/C23H28BNO4/c1-22(2)23(3,4)29-24(28-22)19-11-9-17(10-12-19)16-5-7-18(8-6-16)21(27)25-14-13-20(26)15-25/h5-12,20,26H,13-15H2,1-4H3/t20-/m1/s1. The van der Waals surface area contributed by atoms with Gasteiger partial charge in [0.05, 0.1) is 17.3 Å². The second kappa shape index (κ2) is 7.28. The first-order valence-electron chi connectivity index (χ1n) is 10.2. The lowest BCUT2D eigenvalue weighted by atomic mass is 9.78. The molecule has 1 amide bonds.